The zero-order valence-electron chi connectivity index (χ0n) is 12.3. The lowest BCUT2D eigenvalue weighted by atomic mass is 10.1. The molecule has 0 aromatic heterocycles. The molecule has 0 saturated carbocycles. The van der Waals surface area contributed by atoms with Gasteiger partial charge in [-0.25, -0.2) is 0 Å². The van der Waals surface area contributed by atoms with Gasteiger partial charge in [-0.2, -0.15) is 0 Å². The average molecular weight is 283 g/mol. The summed E-state index contributed by atoms with van der Waals surface area (Å²) in [7, 11) is 0. The molecule has 0 radical (unpaired) electrons. The van der Waals surface area contributed by atoms with Gasteiger partial charge in [0.05, 0.1) is 13.2 Å². The van der Waals surface area contributed by atoms with Crippen molar-refractivity contribution in [2.24, 2.45) is 0 Å². The van der Waals surface area contributed by atoms with E-state index in [9.17, 15) is 5.11 Å². The number of hydrogen-bond acceptors (Lipinski definition) is 3. The number of rotatable bonds is 5. The smallest absolute Gasteiger partial charge is 0.124 e. The van der Waals surface area contributed by atoms with Crippen molar-refractivity contribution in [2.75, 3.05) is 11.9 Å². The van der Waals surface area contributed by atoms with Gasteiger partial charge < -0.3 is 15.2 Å². The normalized spacial score (nSPS) is 14.0. The van der Waals surface area contributed by atoms with Crippen molar-refractivity contribution < 1.29 is 9.84 Å². The fourth-order valence-electron chi connectivity index (χ4n) is 2.99. The standard InChI is InChI=1S/C18H21NO2/c1-2-21-18-8-7-16(11-15(18)12-20)19-17-9-13-5-3-4-6-14(13)10-17/h3-8,11,17,19-20H,2,9-10,12H2,1H3. The Balaban J connectivity index is 1.72. The van der Waals surface area contributed by atoms with Crippen molar-refractivity contribution in [1.82, 2.24) is 0 Å². The largest absolute Gasteiger partial charge is 0.494 e. The van der Waals surface area contributed by atoms with Crippen LogP contribution in [0.25, 0.3) is 0 Å². The summed E-state index contributed by atoms with van der Waals surface area (Å²) >= 11 is 0. The van der Waals surface area contributed by atoms with Gasteiger partial charge in [0.1, 0.15) is 5.75 Å². The van der Waals surface area contributed by atoms with Gasteiger partial charge in [0.2, 0.25) is 0 Å². The summed E-state index contributed by atoms with van der Waals surface area (Å²) < 4.78 is 5.52. The molecule has 0 aliphatic heterocycles. The molecule has 110 valence electrons. The molecule has 21 heavy (non-hydrogen) atoms. The van der Waals surface area contributed by atoms with Crippen molar-refractivity contribution >= 4 is 5.69 Å². The fraction of sp³-hybridized carbons (Fsp3) is 0.333. The summed E-state index contributed by atoms with van der Waals surface area (Å²) in [5, 5.41) is 13.0. The first-order valence-corrected chi connectivity index (χ1v) is 7.50. The molecular formula is C18H21NO2. The van der Waals surface area contributed by atoms with Crippen molar-refractivity contribution in [3.05, 3.63) is 59.2 Å². The molecule has 0 amide bonds. The Morgan fingerprint density at radius 3 is 2.48 bits per heavy atom. The van der Waals surface area contributed by atoms with Crippen LogP contribution >= 0.6 is 0 Å². The first-order chi connectivity index (χ1) is 10.3. The minimum atomic E-state index is -0.00422. The second-order valence-electron chi connectivity index (χ2n) is 5.43. The highest BCUT2D eigenvalue weighted by Gasteiger charge is 2.20. The molecule has 0 unspecified atom stereocenters. The summed E-state index contributed by atoms with van der Waals surface area (Å²) in [5.41, 5.74) is 4.74. The van der Waals surface area contributed by atoms with Crippen LogP contribution in [0.5, 0.6) is 5.75 Å². The second kappa shape index (κ2) is 6.19. The molecule has 2 N–H and O–H groups in total. The van der Waals surface area contributed by atoms with E-state index in [4.69, 9.17) is 4.74 Å². The molecule has 0 saturated heterocycles. The van der Waals surface area contributed by atoms with Crippen LogP contribution in [0.2, 0.25) is 0 Å². The van der Waals surface area contributed by atoms with Crippen molar-refractivity contribution in [3.8, 4) is 5.75 Å². The minimum Gasteiger partial charge on any atom is -0.494 e. The van der Waals surface area contributed by atoms with Gasteiger partial charge in [-0.3, -0.25) is 0 Å². The minimum absolute atomic E-state index is 0.00422. The number of ether oxygens (including phenoxy) is 1. The van der Waals surface area contributed by atoms with E-state index in [1.165, 1.54) is 11.1 Å². The monoisotopic (exact) mass is 283 g/mol. The Kier molecular flexibility index (Phi) is 4.11. The molecule has 3 nitrogen and oxygen atoms in total. The number of benzene rings is 2. The quantitative estimate of drug-likeness (QED) is 0.885. The molecule has 0 atom stereocenters. The molecule has 3 heteroatoms. The van der Waals surface area contributed by atoms with Crippen LogP contribution in [0.3, 0.4) is 0 Å². The maximum absolute atomic E-state index is 9.46. The Morgan fingerprint density at radius 1 is 1.14 bits per heavy atom. The van der Waals surface area contributed by atoms with Gasteiger partial charge in [-0.1, -0.05) is 24.3 Å². The van der Waals surface area contributed by atoms with E-state index in [0.717, 1.165) is 29.8 Å². The Bertz CT molecular complexity index is 599. The number of fused-ring (bicyclic) bond motifs is 1. The van der Waals surface area contributed by atoms with Gasteiger partial charge in [-0.05, 0) is 49.1 Å². The lowest BCUT2D eigenvalue weighted by molar-refractivity contribution is 0.267. The summed E-state index contributed by atoms with van der Waals surface area (Å²) in [6.45, 7) is 2.55. The maximum atomic E-state index is 9.46. The number of hydrogen-bond donors (Lipinski definition) is 2. The van der Waals surface area contributed by atoms with E-state index >= 15 is 0 Å². The summed E-state index contributed by atoms with van der Waals surface area (Å²) in [6, 6.07) is 15.0. The molecule has 1 aliphatic rings. The Hall–Kier alpha value is -2.00. The highest BCUT2D eigenvalue weighted by atomic mass is 16.5. The molecule has 0 fully saturated rings. The first-order valence-electron chi connectivity index (χ1n) is 7.50. The van der Waals surface area contributed by atoms with Gasteiger partial charge in [-0.15, -0.1) is 0 Å². The van der Waals surface area contributed by atoms with Crippen molar-refractivity contribution in [3.63, 3.8) is 0 Å². The number of aliphatic hydroxyl groups excluding tert-OH is 1. The van der Waals surface area contributed by atoms with E-state index in [2.05, 4.69) is 29.6 Å². The van der Waals surface area contributed by atoms with Crippen LogP contribution in [0.4, 0.5) is 5.69 Å². The molecular weight excluding hydrogens is 262 g/mol. The van der Waals surface area contributed by atoms with E-state index in [1.807, 2.05) is 25.1 Å². The molecule has 2 aromatic carbocycles. The second-order valence-corrected chi connectivity index (χ2v) is 5.43. The molecule has 3 rings (SSSR count). The molecule has 0 bridgehead atoms. The Labute approximate surface area is 125 Å². The SMILES string of the molecule is CCOc1ccc(NC2Cc3ccccc3C2)cc1CO. The van der Waals surface area contributed by atoms with E-state index in [-0.39, 0.29) is 6.61 Å². The van der Waals surface area contributed by atoms with Crippen LogP contribution in [-0.2, 0) is 19.4 Å². The van der Waals surface area contributed by atoms with Crippen LogP contribution in [0, 0.1) is 0 Å². The number of anilines is 1. The van der Waals surface area contributed by atoms with Gasteiger partial charge >= 0.3 is 0 Å². The number of aliphatic hydroxyl groups is 1. The molecule has 0 spiro atoms. The Morgan fingerprint density at radius 2 is 1.86 bits per heavy atom. The van der Waals surface area contributed by atoms with E-state index < -0.39 is 0 Å². The topological polar surface area (TPSA) is 41.5 Å². The third-order valence-electron chi connectivity index (χ3n) is 3.95. The zero-order valence-corrected chi connectivity index (χ0v) is 12.3. The van der Waals surface area contributed by atoms with Gasteiger partial charge in [0, 0.05) is 17.3 Å². The highest BCUT2D eigenvalue weighted by molar-refractivity contribution is 5.52. The predicted molar refractivity (Wildman–Crippen MR) is 84.8 cm³/mol. The third-order valence-corrected chi connectivity index (χ3v) is 3.95. The summed E-state index contributed by atoms with van der Waals surface area (Å²) in [4.78, 5) is 0. The lowest BCUT2D eigenvalue weighted by Gasteiger charge is -2.16. The molecule has 0 heterocycles. The summed E-state index contributed by atoms with van der Waals surface area (Å²) in [5.74, 6) is 0.764. The lowest BCUT2D eigenvalue weighted by Crippen LogP contribution is -2.19. The highest BCUT2D eigenvalue weighted by Crippen LogP contribution is 2.27. The third kappa shape index (κ3) is 3.03. The fourth-order valence-corrected chi connectivity index (χ4v) is 2.99. The molecule has 2 aromatic rings. The molecule has 1 aliphatic carbocycles. The average Bonchev–Trinajstić information content (AvgIpc) is 2.91. The van der Waals surface area contributed by atoms with Crippen molar-refractivity contribution in [1.29, 1.82) is 0 Å². The number of nitrogens with one attached hydrogen (secondary N) is 1. The first kappa shape index (κ1) is 14.0. The van der Waals surface area contributed by atoms with Crippen LogP contribution in [0.1, 0.15) is 23.6 Å². The van der Waals surface area contributed by atoms with Crippen LogP contribution in [-0.4, -0.2) is 17.8 Å². The van der Waals surface area contributed by atoms with E-state index in [1.54, 1.807) is 0 Å². The predicted octanol–water partition coefficient (Wildman–Crippen LogP) is 3.16. The van der Waals surface area contributed by atoms with Crippen molar-refractivity contribution in [2.45, 2.75) is 32.4 Å². The van der Waals surface area contributed by atoms with Crippen LogP contribution in [0.15, 0.2) is 42.5 Å². The van der Waals surface area contributed by atoms with Gasteiger partial charge in [0.15, 0.2) is 0 Å². The maximum Gasteiger partial charge on any atom is 0.124 e. The van der Waals surface area contributed by atoms with Gasteiger partial charge in [0.25, 0.3) is 0 Å². The zero-order chi connectivity index (χ0) is 14.7. The van der Waals surface area contributed by atoms with E-state index in [0.29, 0.717) is 12.6 Å². The van der Waals surface area contributed by atoms with Crippen LogP contribution < -0.4 is 10.1 Å². The summed E-state index contributed by atoms with van der Waals surface area (Å²) in [6.07, 6.45) is 2.11.